The molecule has 1 aromatic heterocycles. The molecule has 31 heavy (non-hydrogen) atoms. The zero-order valence-electron chi connectivity index (χ0n) is 17.5. The molecule has 8 heteroatoms. The Kier molecular flexibility index (Phi) is 7.72. The topological polar surface area (TPSA) is 107 Å². The maximum atomic E-state index is 13.1. The van der Waals surface area contributed by atoms with Crippen molar-refractivity contribution in [2.24, 2.45) is 0 Å². The molecule has 0 saturated heterocycles. The normalized spacial score (nSPS) is 11.7. The molecule has 0 radical (unpaired) electrons. The van der Waals surface area contributed by atoms with Crippen molar-refractivity contribution >= 4 is 29.3 Å². The number of H-pyrrole nitrogens is 1. The van der Waals surface area contributed by atoms with Crippen LogP contribution in [0.2, 0.25) is 0 Å². The van der Waals surface area contributed by atoms with Gasteiger partial charge in [-0.25, -0.2) is 9.78 Å². The van der Waals surface area contributed by atoms with Crippen molar-refractivity contribution < 1.29 is 14.7 Å². The van der Waals surface area contributed by atoms with E-state index in [1.54, 1.807) is 30.2 Å². The quantitative estimate of drug-likeness (QED) is 0.382. The summed E-state index contributed by atoms with van der Waals surface area (Å²) in [6, 6.07) is 12.3. The lowest BCUT2D eigenvalue weighted by molar-refractivity contribution is -0.139. The van der Waals surface area contributed by atoms with Gasteiger partial charge in [0, 0.05) is 23.6 Å². The van der Waals surface area contributed by atoms with Crippen LogP contribution in [0.1, 0.15) is 28.2 Å². The number of thioether (sulfide) groups is 1. The fraction of sp³-hybridized carbons (Fsp3) is 0.261. The number of carbonyl (C=O) groups excluding carboxylic acids is 1. The van der Waals surface area contributed by atoms with Gasteiger partial charge in [0.1, 0.15) is 11.9 Å². The Morgan fingerprint density at radius 3 is 2.68 bits per heavy atom. The van der Waals surface area contributed by atoms with Gasteiger partial charge in [-0.05, 0) is 60.2 Å². The molecule has 0 fully saturated rings. The van der Waals surface area contributed by atoms with E-state index in [4.69, 9.17) is 0 Å². The van der Waals surface area contributed by atoms with Crippen molar-refractivity contribution in [3.63, 3.8) is 0 Å². The van der Waals surface area contributed by atoms with Gasteiger partial charge in [0.05, 0.1) is 6.54 Å². The number of aromatic amines is 1. The largest absolute Gasteiger partial charge is 0.480 e. The highest BCUT2D eigenvalue weighted by Crippen LogP contribution is 2.30. The minimum Gasteiger partial charge on any atom is -0.480 e. The molecule has 0 bridgehead atoms. The highest BCUT2D eigenvalue weighted by atomic mass is 32.2. The third-order valence-corrected chi connectivity index (χ3v) is 5.57. The molecule has 0 aliphatic carbocycles. The smallest absolute Gasteiger partial charge is 0.326 e. The second-order valence-corrected chi connectivity index (χ2v) is 8.10. The van der Waals surface area contributed by atoms with Crippen LogP contribution in [-0.4, -0.2) is 45.0 Å². The van der Waals surface area contributed by atoms with E-state index in [0.717, 1.165) is 28.2 Å². The number of carboxylic acid groups (broad SMARTS) is 1. The molecule has 0 spiro atoms. The summed E-state index contributed by atoms with van der Waals surface area (Å²) in [5.74, 6) is 0.0237. The first-order valence-corrected chi connectivity index (χ1v) is 11.3. The zero-order chi connectivity index (χ0) is 22.2. The van der Waals surface area contributed by atoms with Gasteiger partial charge >= 0.3 is 5.97 Å². The van der Waals surface area contributed by atoms with Gasteiger partial charge in [0.15, 0.2) is 0 Å². The van der Waals surface area contributed by atoms with Crippen LogP contribution in [-0.2, 0) is 11.3 Å². The van der Waals surface area contributed by atoms with Crippen molar-refractivity contribution in [1.82, 2.24) is 15.3 Å². The molecule has 0 aliphatic heterocycles. The van der Waals surface area contributed by atoms with Crippen LogP contribution in [0, 0.1) is 6.92 Å². The number of benzene rings is 2. The van der Waals surface area contributed by atoms with E-state index in [1.807, 2.05) is 49.6 Å². The third kappa shape index (κ3) is 5.88. The van der Waals surface area contributed by atoms with Gasteiger partial charge in [-0.2, -0.15) is 11.8 Å². The molecular formula is C23H26N4O3S. The predicted molar refractivity (Wildman–Crippen MR) is 124 cm³/mol. The second kappa shape index (κ2) is 10.7. The molecule has 1 amide bonds. The number of aromatic nitrogens is 2. The summed E-state index contributed by atoms with van der Waals surface area (Å²) in [4.78, 5) is 31.9. The number of carbonyl (C=O) groups is 2. The highest BCUT2D eigenvalue weighted by Gasteiger charge is 2.22. The van der Waals surface area contributed by atoms with Crippen molar-refractivity contribution in [2.75, 3.05) is 17.3 Å². The number of imidazole rings is 1. The molecule has 2 aromatic carbocycles. The molecule has 4 N–H and O–H groups in total. The molecule has 7 nitrogen and oxygen atoms in total. The lowest BCUT2D eigenvalue weighted by Crippen LogP contribution is -2.41. The Balaban J connectivity index is 1.91. The SMILES string of the molecule is CSCC[C@H](NC(=O)c1ccc(NCc2ncc[nH]2)cc1-c1ccccc1C)C(=O)O. The molecule has 162 valence electrons. The van der Waals surface area contributed by atoms with Crippen LogP contribution in [0.15, 0.2) is 54.9 Å². The maximum Gasteiger partial charge on any atom is 0.326 e. The lowest BCUT2D eigenvalue weighted by atomic mass is 9.94. The Bertz CT molecular complexity index is 1040. The van der Waals surface area contributed by atoms with Crippen LogP contribution in [0.25, 0.3) is 11.1 Å². The van der Waals surface area contributed by atoms with E-state index in [2.05, 4.69) is 20.6 Å². The first-order chi connectivity index (χ1) is 15.0. The van der Waals surface area contributed by atoms with Gasteiger partial charge in [-0.3, -0.25) is 4.79 Å². The van der Waals surface area contributed by atoms with Crippen LogP contribution in [0.4, 0.5) is 5.69 Å². The minimum atomic E-state index is -1.03. The number of aryl methyl sites for hydroxylation is 1. The van der Waals surface area contributed by atoms with E-state index in [9.17, 15) is 14.7 Å². The Hall–Kier alpha value is -3.26. The van der Waals surface area contributed by atoms with E-state index in [0.29, 0.717) is 24.3 Å². The Morgan fingerprint density at radius 2 is 2.00 bits per heavy atom. The summed E-state index contributed by atoms with van der Waals surface area (Å²) < 4.78 is 0. The number of aliphatic carboxylic acids is 1. The van der Waals surface area contributed by atoms with Crippen LogP contribution < -0.4 is 10.6 Å². The molecule has 3 rings (SSSR count). The maximum absolute atomic E-state index is 13.1. The standard InChI is InChI=1S/C23H26N4O3S/c1-15-5-3-4-6-17(15)19-13-16(26-14-21-24-10-11-25-21)7-8-18(19)22(28)27-20(23(29)30)9-12-31-2/h3-8,10-11,13,20,26H,9,12,14H2,1-2H3,(H,24,25)(H,27,28)(H,29,30)/t20-/m0/s1. The fourth-order valence-electron chi connectivity index (χ4n) is 3.26. The molecule has 1 heterocycles. The number of amides is 1. The Morgan fingerprint density at radius 1 is 1.19 bits per heavy atom. The molecular weight excluding hydrogens is 412 g/mol. The zero-order valence-corrected chi connectivity index (χ0v) is 18.3. The average Bonchev–Trinajstić information content (AvgIpc) is 3.29. The molecule has 0 saturated carbocycles. The van der Waals surface area contributed by atoms with Crippen LogP contribution in [0.5, 0.6) is 0 Å². The summed E-state index contributed by atoms with van der Waals surface area (Å²) in [6.07, 6.45) is 5.73. The van der Waals surface area contributed by atoms with E-state index < -0.39 is 17.9 Å². The summed E-state index contributed by atoms with van der Waals surface area (Å²) in [5, 5.41) is 15.5. The lowest BCUT2D eigenvalue weighted by Gasteiger charge is -2.18. The van der Waals surface area contributed by atoms with E-state index >= 15 is 0 Å². The Labute approximate surface area is 185 Å². The first-order valence-electron chi connectivity index (χ1n) is 9.94. The summed E-state index contributed by atoms with van der Waals surface area (Å²) in [5.41, 5.74) is 3.97. The summed E-state index contributed by atoms with van der Waals surface area (Å²) in [7, 11) is 0. The number of nitrogens with one attached hydrogen (secondary N) is 3. The number of anilines is 1. The van der Waals surface area contributed by atoms with Crippen LogP contribution in [0.3, 0.4) is 0 Å². The number of hydrogen-bond donors (Lipinski definition) is 4. The molecule has 0 aliphatic rings. The van der Waals surface area contributed by atoms with Gasteiger partial charge in [0.2, 0.25) is 0 Å². The van der Waals surface area contributed by atoms with Gasteiger partial charge in [0.25, 0.3) is 5.91 Å². The third-order valence-electron chi connectivity index (χ3n) is 4.93. The van der Waals surface area contributed by atoms with E-state index in [-0.39, 0.29) is 0 Å². The van der Waals surface area contributed by atoms with E-state index in [1.165, 1.54) is 0 Å². The minimum absolute atomic E-state index is 0.366. The van der Waals surface area contributed by atoms with Gasteiger partial charge in [-0.15, -0.1) is 0 Å². The van der Waals surface area contributed by atoms with Crippen molar-refractivity contribution in [3.8, 4) is 11.1 Å². The molecule has 3 aromatic rings. The number of carboxylic acids is 1. The van der Waals surface area contributed by atoms with Crippen molar-refractivity contribution in [1.29, 1.82) is 0 Å². The average molecular weight is 439 g/mol. The number of rotatable bonds is 10. The fourth-order valence-corrected chi connectivity index (χ4v) is 3.73. The van der Waals surface area contributed by atoms with Gasteiger partial charge in [-0.1, -0.05) is 24.3 Å². The van der Waals surface area contributed by atoms with Crippen molar-refractivity contribution in [2.45, 2.75) is 25.9 Å². The van der Waals surface area contributed by atoms with Crippen molar-refractivity contribution in [3.05, 3.63) is 71.8 Å². The summed E-state index contributed by atoms with van der Waals surface area (Å²) >= 11 is 1.55. The van der Waals surface area contributed by atoms with Gasteiger partial charge < -0.3 is 20.7 Å². The number of nitrogens with zero attached hydrogens (tertiary/aromatic N) is 1. The summed E-state index contributed by atoms with van der Waals surface area (Å²) in [6.45, 7) is 2.50. The molecule has 1 atom stereocenters. The highest BCUT2D eigenvalue weighted by molar-refractivity contribution is 7.98. The van der Waals surface area contributed by atoms with Crippen LogP contribution >= 0.6 is 11.8 Å². The first kappa shape index (κ1) is 22.4. The monoisotopic (exact) mass is 438 g/mol. The second-order valence-electron chi connectivity index (χ2n) is 7.11. The molecule has 0 unspecified atom stereocenters. The number of hydrogen-bond acceptors (Lipinski definition) is 5. The predicted octanol–water partition coefficient (Wildman–Crippen LogP) is 3.93.